The fourth-order valence-corrected chi connectivity index (χ4v) is 2.89. The quantitative estimate of drug-likeness (QED) is 0.607. The minimum absolute atomic E-state index is 0.612. The van der Waals surface area contributed by atoms with E-state index in [4.69, 9.17) is 4.52 Å². The highest BCUT2D eigenvalue weighted by Crippen LogP contribution is 2.20. The van der Waals surface area contributed by atoms with Crippen molar-refractivity contribution < 1.29 is 4.52 Å². The molecule has 0 bridgehead atoms. The van der Waals surface area contributed by atoms with E-state index in [0.29, 0.717) is 18.3 Å². The third-order valence-corrected chi connectivity index (χ3v) is 4.03. The molecule has 4 aromatic rings. The summed E-state index contributed by atoms with van der Waals surface area (Å²) in [5.41, 5.74) is 3.40. The van der Waals surface area contributed by atoms with Crippen LogP contribution in [-0.4, -0.2) is 27.1 Å². The Morgan fingerprint density at radius 2 is 1.88 bits per heavy atom. The monoisotopic (exact) mass is 318 g/mol. The van der Waals surface area contributed by atoms with E-state index in [0.717, 1.165) is 17.6 Å². The first-order chi connectivity index (χ1) is 11.8. The van der Waals surface area contributed by atoms with Crippen LogP contribution in [0.3, 0.4) is 0 Å². The van der Waals surface area contributed by atoms with Crippen LogP contribution in [0.5, 0.6) is 0 Å². The Morgan fingerprint density at radius 1 is 1.00 bits per heavy atom. The van der Waals surface area contributed by atoms with E-state index in [2.05, 4.69) is 51.3 Å². The van der Waals surface area contributed by atoms with Crippen molar-refractivity contribution in [2.75, 3.05) is 7.05 Å². The van der Waals surface area contributed by atoms with E-state index in [1.165, 1.54) is 10.9 Å². The van der Waals surface area contributed by atoms with Crippen LogP contribution in [0.25, 0.3) is 22.3 Å². The minimum Gasteiger partial charge on any atom is -0.361 e. The molecule has 0 saturated heterocycles. The molecule has 0 atom stereocenters. The highest BCUT2D eigenvalue weighted by Gasteiger charge is 2.12. The smallest absolute Gasteiger partial charge is 0.241 e. The van der Waals surface area contributed by atoms with Crippen molar-refractivity contribution in [2.24, 2.45) is 0 Å². The average molecular weight is 318 g/mol. The molecule has 1 N–H and O–H groups in total. The van der Waals surface area contributed by atoms with Gasteiger partial charge in [0.2, 0.25) is 11.7 Å². The second kappa shape index (κ2) is 6.29. The van der Waals surface area contributed by atoms with Crippen molar-refractivity contribution in [1.29, 1.82) is 0 Å². The van der Waals surface area contributed by atoms with Gasteiger partial charge in [-0.2, -0.15) is 4.98 Å². The lowest BCUT2D eigenvalue weighted by atomic mass is 10.1. The third kappa shape index (κ3) is 2.94. The lowest BCUT2D eigenvalue weighted by Crippen LogP contribution is -2.17. The molecule has 0 unspecified atom stereocenters. The van der Waals surface area contributed by atoms with Crippen LogP contribution in [-0.2, 0) is 13.1 Å². The molecular formula is C19H18N4O. The van der Waals surface area contributed by atoms with E-state index in [1.807, 2.05) is 36.5 Å². The maximum Gasteiger partial charge on any atom is 0.241 e. The summed E-state index contributed by atoms with van der Waals surface area (Å²) in [7, 11) is 2.05. The number of rotatable bonds is 5. The number of nitrogens with zero attached hydrogens (tertiary/aromatic N) is 3. The summed E-state index contributed by atoms with van der Waals surface area (Å²) < 4.78 is 5.39. The lowest BCUT2D eigenvalue weighted by molar-refractivity contribution is 0.261. The third-order valence-electron chi connectivity index (χ3n) is 4.03. The van der Waals surface area contributed by atoms with Crippen LogP contribution in [0.2, 0.25) is 0 Å². The van der Waals surface area contributed by atoms with Gasteiger partial charge < -0.3 is 9.51 Å². The molecule has 0 radical (unpaired) electrons. The van der Waals surface area contributed by atoms with Gasteiger partial charge in [-0.25, -0.2) is 0 Å². The number of hydrogen-bond donors (Lipinski definition) is 1. The van der Waals surface area contributed by atoms with Crippen molar-refractivity contribution in [3.8, 4) is 11.4 Å². The van der Waals surface area contributed by atoms with Crippen LogP contribution < -0.4 is 0 Å². The molecule has 24 heavy (non-hydrogen) atoms. The number of hydrogen-bond acceptors (Lipinski definition) is 4. The standard InChI is InChI=1S/C19H18N4O/c1-23(12-15-8-5-9-17-16(15)10-11-20-17)13-18-21-19(22-24-18)14-6-3-2-4-7-14/h2-11,20H,12-13H2,1H3. The van der Waals surface area contributed by atoms with E-state index < -0.39 is 0 Å². The molecule has 0 saturated carbocycles. The topological polar surface area (TPSA) is 58.0 Å². The predicted octanol–water partition coefficient (Wildman–Crippen LogP) is 3.85. The van der Waals surface area contributed by atoms with Crippen molar-refractivity contribution in [1.82, 2.24) is 20.0 Å². The van der Waals surface area contributed by atoms with Crippen LogP contribution in [0, 0.1) is 0 Å². The molecule has 2 aromatic heterocycles. The van der Waals surface area contributed by atoms with Crippen LogP contribution in [0.1, 0.15) is 11.5 Å². The zero-order valence-corrected chi connectivity index (χ0v) is 13.4. The summed E-state index contributed by atoms with van der Waals surface area (Å²) in [6.45, 7) is 1.43. The number of fused-ring (bicyclic) bond motifs is 1. The van der Waals surface area contributed by atoms with Gasteiger partial charge in [-0.1, -0.05) is 47.6 Å². The maximum absolute atomic E-state index is 5.39. The molecule has 5 heteroatoms. The van der Waals surface area contributed by atoms with E-state index >= 15 is 0 Å². The van der Waals surface area contributed by atoms with E-state index in [9.17, 15) is 0 Å². The summed E-state index contributed by atoms with van der Waals surface area (Å²) in [6, 6.07) is 18.3. The minimum atomic E-state index is 0.612. The first kappa shape index (κ1) is 14.7. The molecule has 0 aliphatic carbocycles. The Labute approximate surface area is 139 Å². The molecule has 5 nitrogen and oxygen atoms in total. The van der Waals surface area contributed by atoms with E-state index in [1.54, 1.807) is 0 Å². The van der Waals surface area contributed by atoms with Gasteiger partial charge in [0.1, 0.15) is 0 Å². The number of aromatic amines is 1. The van der Waals surface area contributed by atoms with Crippen LogP contribution in [0.15, 0.2) is 65.3 Å². The van der Waals surface area contributed by atoms with Gasteiger partial charge in [-0.05, 0) is 24.7 Å². The number of aromatic nitrogens is 3. The summed E-state index contributed by atoms with van der Waals surface area (Å²) >= 11 is 0. The molecule has 0 aliphatic rings. The van der Waals surface area contributed by atoms with Gasteiger partial charge in [0.25, 0.3) is 0 Å². The van der Waals surface area contributed by atoms with Crippen molar-refractivity contribution in [2.45, 2.75) is 13.1 Å². The number of H-pyrrole nitrogens is 1. The average Bonchev–Trinajstić information content (AvgIpc) is 3.25. The summed E-state index contributed by atoms with van der Waals surface area (Å²) in [5, 5.41) is 5.32. The zero-order chi connectivity index (χ0) is 16.4. The second-order valence-electron chi connectivity index (χ2n) is 5.91. The molecular weight excluding hydrogens is 300 g/mol. The molecule has 0 fully saturated rings. The van der Waals surface area contributed by atoms with Gasteiger partial charge in [0.15, 0.2) is 0 Å². The lowest BCUT2D eigenvalue weighted by Gasteiger charge is -2.14. The largest absolute Gasteiger partial charge is 0.361 e. The van der Waals surface area contributed by atoms with E-state index in [-0.39, 0.29) is 0 Å². The first-order valence-electron chi connectivity index (χ1n) is 7.91. The normalized spacial score (nSPS) is 11.4. The Bertz CT molecular complexity index is 942. The summed E-state index contributed by atoms with van der Waals surface area (Å²) in [6.07, 6.45) is 1.97. The van der Waals surface area contributed by atoms with Crippen molar-refractivity contribution in [3.63, 3.8) is 0 Å². The fourth-order valence-electron chi connectivity index (χ4n) is 2.89. The molecule has 4 rings (SSSR count). The SMILES string of the molecule is CN(Cc1nc(-c2ccccc2)no1)Cc1cccc2[nH]ccc12. The highest BCUT2D eigenvalue weighted by molar-refractivity contribution is 5.82. The Hall–Kier alpha value is -2.92. The van der Waals surface area contributed by atoms with Gasteiger partial charge in [-0.3, -0.25) is 4.90 Å². The van der Waals surface area contributed by atoms with Crippen molar-refractivity contribution in [3.05, 3.63) is 72.2 Å². The molecule has 0 aliphatic heterocycles. The Morgan fingerprint density at radius 3 is 2.75 bits per heavy atom. The molecule has 2 aromatic carbocycles. The Balaban J connectivity index is 1.48. The highest BCUT2D eigenvalue weighted by atomic mass is 16.5. The van der Waals surface area contributed by atoms with Crippen LogP contribution >= 0.6 is 0 Å². The molecule has 120 valence electrons. The number of nitrogens with one attached hydrogen (secondary N) is 1. The van der Waals surface area contributed by atoms with Gasteiger partial charge in [-0.15, -0.1) is 0 Å². The second-order valence-corrected chi connectivity index (χ2v) is 5.91. The van der Waals surface area contributed by atoms with Crippen LogP contribution in [0.4, 0.5) is 0 Å². The predicted molar refractivity (Wildman–Crippen MR) is 93.2 cm³/mol. The molecule has 2 heterocycles. The van der Waals surface area contributed by atoms with Crippen molar-refractivity contribution >= 4 is 10.9 Å². The van der Waals surface area contributed by atoms with Gasteiger partial charge >= 0.3 is 0 Å². The zero-order valence-electron chi connectivity index (χ0n) is 13.4. The Kier molecular flexibility index (Phi) is 3.84. The molecule has 0 spiro atoms. The number of benzene rings is 2. The fraction of sp³-hybridized carbons (Fsp3) is 0.158. The van der Waals surface area contributed by atoms with Gasteiger partial charge in [0.05, 0.1) is 6.54 Å². The summed E-state index contributed by atoms with van der Waals surface area (Å²) in [5.74, 6) is 1.25. The van der Waals surface area contributed by atoms with Gasteiger partial charge in [0, 0.05) is 29.2 Å². The summed E-state index contributed by atoms with van der Waals surface area (Å²) in [4.78, 5) is 9.90. The first-order valence-corrected chi connectivity index (χ1v) is 7.91. The molecule has 0 amide bonds. The maximum atomic E-state index is 5.39.